The number of hydrogen-bond acceptors (Lipinski definition) is 6. The van der Waals surface area contributed by atoms with E-state index in [1.54, 1.807) is 24.2 Å². The summed E-state index contributed by atoms with van der Waals surface area (Å²) in [6, 6.07) is 7.49. The Bertz CT molecular complexity index is 713. The first-order chi connectivity index (χ1) is 10.4. The molecule has 0 spiro atoms. The van der Waals surface area contributed by atoms with Crippen molar-refractivity contribution in [3.63, 3.8) is 0 Å². The van der Waals surface area contributed by atoms with Gasteiger partial charge in [-0.05, 0) is 12.1 Å². The van der Waals surface area contributed by atoms with Gasteiger partial charge in [0.15, 0.2) is 5.82 Å². The minimum Gasteiger partial charge on any atom is -0.481 e. The average Bonchev–Trinajstić information content (AvgIpc) is 3.08. The normalized spacial score (nSPS) is 10.3. The van der Waals surface area contributed by atoms with Gasteiger partial charge in [0.2, 0.25) is 5.88 Å². The van der Waals surface area contributed by atoms with E-state index < -0.39 is 0 Å². The topological polar surface area (TPSA) is 77.8 Å². The molecule has 21 heavy (non-hydrogen) atoms. The number of methoxy groups -OCH3 is 1. The molecule has 0 aliphatic rings. The minimum atomic E-state index is 0.562. The molecule has 0 unspecified atom stereocenters. The van der Waals surface area contributed by atoms with Gasteiger partial charge in [0.05, 0.1) is 7.11 Å². The van der Waals surface area contributed by atoms with Crippen LogP contribution in [-0.2, 0) is 6.54 Å². The van der Waals surface area contributed by atoms with Crippen molar-refractivity contribution in [3.05, 3.63) is 54.7 Å². The summed E-state index contributed by atoms with van der Waals surface area (Å²) in [6.45, 7) is 0.562. The first-order valence-electron chi connectivity index (χ1n) is 6.40. The van der Waals surface area contributed by atoms with Crippen molar-refractivity contribution in [1.29, 1.82) is 0 Å². The number of ether oxygens (including phenoxy) is 1. The van der Waals surface area contributed by atoms with E-state index in [9.17, 15) is 0 Å². The molecule has 0 aliphatic carbocycles. The molecule has 0 bridgehead atoms. The molecule has 3 aromatic rings. The van der Waals surface area contributed by atoms with E-state index in [2.05, 4.69) is 25.4 Å². The Morgan fingerprint density at radius 2 is 2.14 bits per heavy atom. The van der Waals surface area contributed by atoms with Gasteiger partial charge in [-0.25, -0.2) is 19.6 Å². The van der Waals surface area contributed by atoms with Crippen molar-refractivity contribution < 1.29 is 4.74 Å². The predicted molar refractivity (Wildman–Crippen MR) is 77.3 cm³/mol. The molecule has 0 radical (unpaired) electrons. The molecule has 0 aliphatic heterocycles. The van der Waals surface area contributed by atoms with Crippen molar-refractivity contribution in [2.75, 3.05) is 12.4 Å². The summed E-state index contributed by atoms with van der Waals surface area (Å²) in [6.07, 6.45) is 6.73. The van der Waals surface area contributed by atoms with Crippen molar-refractivity contribution in [2.24, 2.45) is 0 Å². The molecule has 3 heterocycles. The van der Waals surface area contributed by atoms with Crippen LogP contribution in [0.5, 0.6) is 5.88 Å². The lowest BCUT2D eigenvalue weighted by molar-refractivity contribution is 0.393. The predicted octanol–water partition coefficient (Wildman–Crippen LogP) is 1.68. The fourth-order valence-electron chi connectivity index (χ4n) is 1.90. The van der Waals surface area contributed by atoms with Gasteiger partial charge < -0.3 is 10.1 Å². The summed E-state index contributed by atoms with van der Waals surface area (Å²) in [4.78, 5) is 12.5. The second kappa shape index (κ2) is 6.00. The molecule has 3 rings (SSSR count). The maximum absolute atomic E-state index is 5.22. The number of nitrogens with one attached hydrogen (secondary N) is 1. The third kappa shape index (κ3) is 2.97. The highest BCUT2D eigenvalue weighted by molar-refractivity contribution is 5.41. The lowest BCUT2D eigenvalue weighted by Gasteiger charge is -2.09. The molecule has 0 saturated heterocycles. The first-order valence-corrected chi connectivity index (χ1v) is 6.40. The lowest BCUT2D eigenvalue weighted by Crippen LogP contribution is -2.06. The molecular formula is C14H14N6O. The summed E-state index contributed by atoms with van der Waals surface area (Å²) in [5.41, 5.74) is 0.958. The Hall–Kier alpha value is -2.96. The van der Waals surface area contributed by atoms with E-state index in [4.69, 9.17) is 4.74 Å². The van der Waals surface area contributed by atoms with Crippen LogP contribution in [0.15, 0.2) is 49.2 Å². The molecule has 0 atom stereocenters. The highest BCUT2D eigenvalue weighted by atomic mass is 16.5. The number of nitrogens with zero attached hydrogens (tertiary/aromatic N) is 5. The maximum Gasteiger partial charge on any atom is 0.218 e. The van der Waals surface area contributed by atoms with Gasteiger partial charge in [0.1, 0.15) is 12.1 Å². The SMILES string of the molecule is COc1ncccc1CNc1cc(-n2cccn2)ncn1. The molecule has 0 amide bonds. The molecular weight excluding hydrogens is 268 g/mol. The zero-order valence-corrected chi connectivity index (χ0v) is 11.5. The molecule has 1 N–H and O–H groups in total. The number of anilines is 1. The van der Waals surface area contributed by atoms with Gasteiger partial charge in [-0.15, -0.1) is 0 Å². The lowest BCUT2D eigenvalue weighted by atomic mass is 10.2. The van der Waals surface area contributed by atoms with Gasteiger partial charge >= 0.3 is 0 Å². The van der Waals surface area contributed by atoms with Gasteiger partial charge in [0, 0.05) is 36.8 Å². The Labute approximate surface area is 121 Å². The van der Waals surface area contributed by atoms with Crippen LogP contribution in [0.25, 0.3) is 5.82 Å². The van der Waals surface area contributed by atoms with Crippen molar-refractivity contribution >= 4 is 5.82 Å². The first kappa shape index (κ1) is 13.0. The van der Waals surface area contributed by atoms with Gasteiger partial charge in [-0.1, -0.05) is 6.07 Å². The standard InChI is InChI=1S/C14H14N6O/c1-21-14-11(4-2-5-15-14)9-16-12-8-13(18-10-17-12)20-7-3-6-19-20/h2-8,10H,9H2,1H3,(H,16,17,18). The van der Waals surface area contributed by atoms with Crippen LogP contribution in [0.2, 0.25) is 0 Å². The van der Waals surface area contributed by atoms with Crippen molar-refractivity contribution in [1.82, 2.24) is 24.7 Å². The smallest absolute Gasteiger partial charge is 0.218 e. The fraction of sp³-hybridized carbons (Fsp3) is 0.143. The molecule has 0 saturated carbocycles. The molecule has 7 heteroatoms. The Balaban J connectivity index is 1.75. The summed E-state index contributed by atoms with van der Waals surface area (Å²) in [5, 5.41) is 7.37. The monoisotopic (exact) mass is 282 g/mol. The highest BCUT2D eigenvalue weighted by Crippen LogP contribution is 2.15. The van der Waals surface area contributed by atoms with E-state index in [1.165, 1.54) is 6.33 Å². The van der Waals surface area contributed by atoms with Crippen LogP contribution in [0.1, 0.15) is 5.56 Å². The highest BCUT2D eigenvalue weighted by Gasteiger charge is 2.05. The van der Waals surface area contributed by atoms with Crippen LogP contribution in [-0.4, -0.2) is 31.8 Å². The molecule has 0 aromatic carbocycles. The van der Waals surface area contributed by atoms with E-state index in [-0.39, 0.29) is 0 Å². The van der Waals surface area contributed by atoms with Crippen LogP contribution in [0.3, 0.4) is 0 Å². The van der Waals surface area contributed by atoms with Gasteiger partial charge in [0.25, 0.3) is 0 Å². The van der Waals surface area contributed by atoms with E-state index in [0.717, 1.165) is 5.56 Å². The molecule has 3 aromatic heterocycles. The summed E-state index contributed by atoms with van der Waals surface area (Å²) < 4.78 is 6.90. The van der Waals surface area contributed by atoms with Crippen molar-refractivity contribution in [3.8, 4) is 11.7 Å². The number of rotatable bonds is 5. The van der Waals surface area contributed by atoms with Crippen molar-refractivity contribution in [2.45, 2.75) is 6.54 Å². The number of pyridine rings is 1. The van der Waals surface area contributed by atoms with Crippen LogP contribution >= 0.6 is 0 Å². The van der Waals surface area contributed by atoms with E-state index in [0.29, 0.717) is 24.1 Å². The zero-order chi connectivity index (χ0) is 14.5. The summed E-state index contributed by atoms with van der Waals surface area (Å²) >= 11 is 0. The largest absolute Gasteiger partial charge is 0.481 e. The Morgan fingerprint density at radius 1 is 1.19 bits per heavy atom. The minimum absolute atomic E-state index is 0.562. The zero-order valence-electron chi connectivity index (χ0n) is 11.5. The molecule has 106 valence electrons. The van der Waals surface area contributed by atoms with Crippen LogP contribution in [0, 0.1) is 0 Å². The van der Waals surface area contributed by atoms with Crippen LogP contribution < -0.4 is 10.1 Å². The summed E-state index contributed by atoms with van der Waals surface area (Å²) in [5.74, 6) is 2.02. The Kier molecular flexibility index (Phi) is 3.72. The fourth-order valence-corrected chi connectivity index (χ4v) is 1.90. The second-order valence-electron chi connectivity index (χ2n) is 4.24. The van der Waals surface area contributed by atoms with Gasteiger partial charge in [-0.3, -0.25) is 0 Å². The quantitative estimate of drug-likeness (QED) is 0.767. The summed E-state index contributed by atoms with van der Waals surface area (Å²) in [7, 11) is 1.60. The maximum atomic E-state index is 5.22. The third-order valence-corrected chi connectivity index (χ3v) is 2.90. The van der Waals surface area contributed by atoms with E-state index >= 15 is 0 Å². The molecule has 0 fully saturated rings. The second-order valence-corrected chi connectivity index (χ2v) is 4.24. The van der Waals surface area contributed by atoms with Crippen LogP contribution in [0.4, 0.5) is 5.82 Å². The average molecular weight is 282 g/mol. The Morgan fingerprint density at radius 3 is 2.95 bits per heavy atom. The number of aromatic nitrogens is 5. The molecule has 7 nitrogen and oxygen atoms in total. The van der Waals surface area contributed by atoms with Gasteiger partial charge in [-0.2, -0.15) is 5.10 Å². The third-order valence-electron chi connectivity index (χ3n) is 2.90. The van der Waals surface area contributed by atoms with E-state index in [1.807, 2.05) is 30.5 Å². The number of hydrogen-bond donors (Lipinski definition) is 1.